The number of nitrogens with zero attached hydrogens (tertiary/aromatic N) is 4. The van der Waals surface area contributed by atoms with Crippen molar-refractivity contribution in [3.05, 3.63) is 33.9 Å². The number of nitrogens with two attached hydrogens (primary N) is 1. The van der Waals surface area contributed by atoms with E-state index in [1.807, 2.05) is 38.9 Å². The van der Waals surface area contributed by atoms with E-state index in [-0.39, 0.29) is 5.56 Å². The van der Waals surface area contributed by atoms with Gasteiger partial charge in [-0.2, -0.15) is 0 Å². The molecule has 0 saturated carbocycles. The Balaban J connectivity index is 2.68. The van der Waals surface area contributed by atoms with Gasteiger partial charge in [0.05, 0.1) is 5.69 Å². The van der Waals surface area contributed by atoms with Crippen LogP contribution in [-0.2, 0) is 6.54 Å². The molecule has 0 spiro atoms. The van der Waals surface area contributed by atoms with Crippen molar-refractivity contribution in [1.82, 2.24) is 14.5 Å². The molecule has 0 aromatic carbocycles. The first-order valence-corrected chi connectivity index (χ1v) is 6.88. The van der Waals surface area contributed by atoms with Crippen molar-refractivity contribution < 1.29 is 0 Å². The highest BCUT2D eigenvalue weighted by Gasteiger charge is 2.15. The van der Waals surface area contributed by atoms with E-state index in [0.717, 1.165) is 16.9 Å². The number of rotatable bonds is 3. The fourth-order valence-electron chi connectivity index (χ4n) is 2.23. The highest BCUT2D eigenvalue weighted by atomic mass is 16.1. The van der Waals surface area contributed by atoms with E-state index in [0.29, 0.717) is 23.8 Å². The van der Waals surface area contributed by atoms with Crippen LogP contribution < -0.4 is 16.2 Å². The third-order valence-corrected chi connectivity index (χ3v) is 3.51. The summed E-state index contributed by atoms with van der Waals surface area (Å²) >= 11 is 0. The summed E-state index contributed by atoms with van der Waals surface area (Å²) in [5, 5.41) is 0. The van der Waals surface area contributed by atoms with Crippen molar-refractivity contribution in [2.45, 2.75) is 27.3 Å². The third kappa shape index (κ3) is 2.61. The summed E-state index contributed by atoms with van der Waals surface area (Å²) in [6.07, 6.45) is 1.70. The van der Waals surface area contributed by atoms with Gasteiger partial charge < -0.3 is 10.6 Å². The monoisotopic (exact) mass is 287 g/mol. The first-order valence-electron chi connectivity index (χ1n) is 6.88. The Morgan fingerprint density at radius 3 is 2.52 bits per heavy atom. The van der Waals surface area contributed by atoms with Crippen molar-refractivity contribution in [2.24, 2.45) is 0 Å². The lowest BCUT2D eigenvalue weighted by Crippen LogP contribution is -2.26. The number of nitrogen functional groups attached to an aromatic ring is 1. The van der Waals surface area contributed by atoms with E-state index in [4.69, 9.17) is 5.73 Å². The van der Waals surface area contributed by atoms with Crippen LogP contribution in [0.2, 0.25) is 0 Å². The second-order valence-corrected chi connectivity index (χ2v) is 5.23. The first-order chi connectivity index (χ1) is 9.86. The van der Waals surface area contributed by atoms with Crippen molar-refractivity contribution in [2.75, 3.05) is 24.7 Å². The summed E-state index contributed by atoms with van der Waals surface area (Å²) in [6, 6.07) is 1.94. The predicted molar refractivity (Wildman–Crippen MR) is 85.6 cm³/mol. The smallest absolute Gasteiger partial charge is 0.278 e. The van der Waals surface area contributed by atoms with E-state index < -0.39 is 0 Å². The van der Waals surface area contributed by atoms with Gasteiger partial charge in [0, 0.05) is 32.4 Å². The molecule has 0 fully saturated rings. The Labute approximate surface area is 124 Å². The third-order valence-electron chi connectivity index (χ3n) is 3.51. The molecule has 2 N–H and O–H groups in total. The lowest BCUT2D eigenvalue weighted by atomic mass is 10.1. The van der Waals surface area contributed by atoms with Gasteiger partial charge in [-0.1, -0.05) is 0 Å². The average molecular weight is 287 g/mol. The number of hydrogen-bond acceptors (Lipinski definition) is 5. The first kappa shape index (κ1) is 15.0. The molecule has 0 aliphatic heterocycles. The maximum atomic E-state index is 12.5. The number of aromatic nitrogens is 3. The minimum absolute atomic E-state index is 0.178. The van der Waals surface area contributed by atoms with Gasteiger partial charge in [0.25, 0.3) is 5.56 Å². The number of hydrogen-bond donors (Lipinski definition) is 1. The molecule has 0 atom stereocenters. The Morgan fingerprint density at radius 1 is 1.33 bits per heavy atom. The normalized spacial score (nSPS) is 10.7. The molecule has 0 radical (unpaired) electrons. The van der Waals surface area contributed by atoms with Crippen molar-refractivity contribution >= 4 is 11.6 Å². The molecule has 2 aromatic rings. The van der Waals surface area contributed by atoms with Gasteiger partial charge in [-0.15, -0.1) is 0 Å². The largest absolute Gasteiger partial charge is 0.384 e. The molecule has 2 aromatic heterocycles. The van der Waals surface area contributed by atoms with Crippen LogP contribution in [0.25, 0.3) is 11.3 Å². The summed E-state index contributed by atoms with van der Waals surface area (Å²) < 4.78 is 1.54. The number of pyridine rings is 1. The molecule has 112 valence electrons. The molecule has 2 rings (SSSR count). The zero-order valence-corrected chi connectivity index (χ0v) is 13.1. The van der Waals surface area contributed by atoms with Gasteiger partial charge in [-0.05, 0) is 32.4 Å². The molecule has 0 amide bonds. The molecule has 21 heavy (non-hydrogen) atoms. The van der Waals surface area contributed by atoms with Crippen LogP contribution >= 0.6 is 0 Å². The van der Waals surface area contributed by atoms with Crippen molar-refractivity contribution in [3.63, 3.8) is 0 Å². The van der Waals surface area contributed by atoms with Crippen LogP contribution in [0.5, 0.6) is 0 Å². The summed E-state index contributed by atoms with van der Waals surface area (Å²) in [5.74, 6) is 1.26. The molecule has 0 unspecified atom stereocenters. The summed E-state index contributed by atoms with van der Waals surface area (Å²) in [5.41, 5.74) is 8.51. The molecule has 0 aliphatic rings. The van der Waals surface area contributed by atoms with Crippen LogP contribution in [0.1, 0.15) is 18.2 Å². The molecule has 0 saturated heterocycles. The van der Waals surface area contributed by atoms with E-state index >= 15 is 0 Å². The maximum absolute atomic E-state index is 12.5. The van der Waals surface area contributed by atoms with Gasteiger partial charge in [-0.25, -0.2) is 9.97 Å². The van der Waals surface area contributed by atoms with Crippen LogP contribution in [0.3, 0.4) is 0 Å². The minimum Gasteiger partial charge on any atom is -0.384 e. The molecule has 2 heterocycles. The summed E-state index contributed by atoms with van der Waals surface area (Å²) in [7, 11) is 3.86. The van der Waals surface area contributed by atoms with E-state index in [1.165, 1.54) is 4.57 Å². The lowest BCUT2D eigenvalue weighted by Gasteiger charge is -2.15. The summed E-state index contributed by atoms with van der Waals surface area (Å²) in [4.78, 5) is 23.2. The summed E-state index contributed by atoms with van der Waals surface area (Å²) in [6.45, 7) is 6.17. The van der Waals surface area contributed by atoms with E-state index in [1.54, 1.807) is 13.1 Å². The Morgan fingerprint density at radius 2 is 2.00 bits per heavy atom. The molecule has 0 bridgehead atoms. The topological polar surface area (TPSA) is 77.0 Å². The van der Waals surface area contributed by atoms with Gasteiger partial charge in [0.1, 0.15) is 17.3 Å². The number of aryl methyl sites for hydroxylation is 2. The fraction of sp³-hybridized carbons (Fsp3) is 0.400. The zero-order chi connectivity index (χ0) is 15.7. The average Bonchev–Trinajstić information content (AvgIpc) is 2.44. The second kappa shape index (κ2) is 5.55. The molecular formula is C15H21N5O. The van der Waals surface area contributed by atoms with E-state index in [9.17, 15) is 4.79 Å². The zero-order valence-electron chi connectivity index (χ0n) is 13.1. The maximum Gasteiger partial charge on any atom is 0.278 e. The molecule has 0 aliphatic carbocycles. The highest BCUT2D eigenvalue weighted by Crippen LogP contribution is 2.22. The van der Waals surface area contributed by atoms with Crippen molar-refractivity contribution in [1.29, 1.82) is 0 Å². The Hall–Kier alpha value is -2.37. The highest BCUT2D eigenvalue weighted by molar-refractivity contribution is 5.65. The molecular weight excluding hydrogens is 266 g/mol. The van der Waals surface area contributed by atoms with Crippen LogP contribution in [0, 0.1) is 13.8 Å². The van der Waals surface area contributed by atoms with Gasteiger partial charge >= 0.3 is 0 Å². The van der Waals surface area contributed by atoms with Gasteiger partial charge in [0.2, 0.25) is 0 Å². The fourth-order valence-corrected chi connectivity index (χ4v) is 2.23. The predicted octanol–water partition coefficient (Wildman–Crippen LogP) is 1.59. The quantitative estimate of drug-likeness (QED) is 0.927. The number of anilines is 2. The van der Waals surface area contributed by atoms with Gasteiger partial charge in [0.15, 0.2) is 0 Å². The van der Waals surface area contributed by atoms with Gasteiger partial charge in [-0.3, -0.25) is 9.36 Å². The Kier molecular flexibility index (Phi) is 3.97. The van der Waals surface area contributed by atoms with E-state index in [2.05, 4.69) is 9.97 Å². The minimum atomic E-state index is -0.178. The Bertz CT molecular complexity index is 734. The lowest BCUT2D eigenvalue weighted by molar-refractivity contribution is 0.726. The molecule has 6 heteroatoms. The second-order valence-electron chi connectivity index (χ2n) is 5.23. The van der Waals surface area contributed by atoms with Crippen LogP contribution in [-0.4, -0.2) is 28.6 Å². The SMILES string of the molecule is CCn1c(N)c(C)nc(-c2cnc(N(C)C)cc2C)c1=O. The standard InChI is InChI=1S/C15H21N5O/c1-6-20-14(16)10(3)18-13(15(20)21)11-8-17-12(19(4)5)7-9(11)2/h7-8H,6,16H2,1-5H3. The van der Waals surface area contributed by atoms with Crippen LogP contribution in [0.4, 0.5) is 11.6 Å². The van der Waals surface area contributed by atoms with Crippen LogP contribution in [0.15, 0.2) is 17.1 Å². The van der Waals surface area contributed by atoms with Crippen molar-refractivity contribution in [3.8, 4) is 11.3 Å². The molecule has 6 nitrogen and oxygen atoms in total.